The Balaban J connectivity index is 1.79. The van der Waals surface area contributed by atoms with Gasteiger partial charge < -0.3 is 15.4 Å². The minimum Gasteiger partial charge on any atom is -0.462 e. The van der Waals surface area contributed by atoms with Crippen molar-refractivity contribution in [1.82, 2.24) is 0 Å². The molecule has 6 nitrogen and oxygen atoms in total. The van der Waals surface area contributed by atoms with Crippen LogP contribution in [0.4, 0.5) is 10.7 Å². The van der Waals surface area contributed by atoms with E-state index in [1.54, 1.807) is 26.0 Å². The van der Waals surface area contributed by atoms with Crippen molar-refractivity contribution in [2.24, 2.45) is 0 Å². The molecule has 166 valence electrons. The lowest BCUT2D eigenvalue weighted by Crippen LogP contribution is -2.15. The molecule has 2 amide bonds. The predicted molar refractivity (Wildman–Crippen MR) is 128 cm³/mol. The second-order valence-electron chi connectivity index (χ2n) is 7.33. The third kappa shape index (κ3) is 5.82. The Hall–Kier alpha value is -3.45. The monoisotopic (exact) mass is 450 g/mol. The zero-order valence-corrected chi connectivity index (χ0v) is 19.2. The van der Waals surface area contributed by atoms with Crippen LogP contribution in [-0.2, 0) is 16.0 Å². The summed E-state index contributed by atoms with van der Waals surface area (Å²) < 4.78 is 5.17. The van der Waals surface area contributed by atoms with Gasteiger partial charge in [0.25, 0.3) is 5.91 Å². The van der Waals surface area contributed by atoms with Gasteiger partial charge in [-0.25, -0.2) is 4.79 Å². The normalized spacial score (nSPS) is 10.5. The van der Waals surface area contributed by atoms with Crippen molar-refractivity contribution < 1.29 is 19.1 Å². The number of carbonyl (C=O) groups excluding carboxylic acids is 3. The Morgan fingerprint density at radius 2 is 1.62 bits per heavy atom. The number of esters is 1. The van der Waals surface area contributed by atoms with Crippen LogP contribution in [0.1, 0.15) is 50.1 Å². The highest BCUT2D eigenvalue weighted by Gasteiger charge is 2.26. The van der Waals surface area contributed by atoms with Crippen molar-refractivity contribution in [2.45, 2.75) is 33.6 Å². The zero-order valence-electron chi connectivity index (χ0n) is 18.4. The van der Waals surface area contributed by atoms with Crippen molar-refractivity contribution in [2.75, 3.05) is 17.2 Å². The maximum absolute atomic E-state index is 12.8. The number of carbonyl (C=O) groups is 3. The van der Waals surface area contributed by atoms with Crippen LogP contribution in [-0.4, -0.2) is 24.4 Å². The Bertz CT molecular complexity index is 1100. The van der Waals surface area contributed by atoms with Gasteiger partial charge in [0.15, 0.2) is 0 Å². The third-order valence-corrected chi connectivity index (χ3v) is 6.08. The van der Waals surface area contributed by atoms with Crippen LogP contribution in [0.15, 0.2) is 54.6 Å². The summed E-state index contributed by atoms with van der Waals surface area (Å²) in [6.45, 7) is 5.60. The Morgan fingerprint density at radius 1 is 0.938 bits per heavy atom. The van der Waals surface area contributed by atoms with Crippen molar-refractivity contribution in [3.8, 4) is 0 Å². The molecule has 2 aromatic carbocycles. The molecule has 1 aromatic heterocycles. The molecule has 0 spiro atoms. The molecular formula is C25H26N2O4S. The first kappa shape index (κ1) is 23.2. The second-order valence-corrected chi connectivity index (χ2v) is 8.36. The minimum absolute atomic E-state index is 0.195. The zero-order chi connectivity index (χ0) is 23.1. The van der Waals surface area contributed by atoms with Gasteiger partial charge in [0.2, 0.25) is 5.91 Å². The van der Waals surface area contributed by atoms with Gasteiger partial charge in [0, 0.05) is 12.1 Å². The molecule has 2 N–H and O–H groups in total. The Morgan fingerprint density at radius 3 is 2.28 bits per heavy atom. The highest BCUT2D eigenvalue weighted by Crippen LogP contribution is 2.34. The number of ether oxygens (including phenoxy) is 1. The van der Waals surface area contributed by atoms with Crippen molar-refractivity contribution in [3.05, 3.63) is 81.7 Å². The van der Waals surface area contributed by atoms with Crippen LogP contribution in [0, 0.1) is 13.8 Å². The van der Waals surface area contributed by atoms with Crippen LogP contribution in [0.2, 0.25) is 0 Å². The number of benzene rings is 2. The van der Waals surface area contributed by atoms with Gasteiger partial charge >= 0.3 is 5.97 Å². The third-order valence-electron chi connectivity index (χ3n) is 4.88. The van der Waals surface area contributed by atoms with E-state index >= 15 is 0 Å². The quantitative estimate of drug-likeness (QED) is 0.452. The van der Waals surface area contributed by atoms with Crippen molar-refractivity contribution >= 4 is 39.8 Å². The van der Waals surface area contributed by atoms with E-state index in [1.807, 2.05) is 49.4 Å². The van der Waals surface area contributed by atoms with Gasteiger partial charge in [0.1, 0.15) is 5.00 Å². The summed E-state index contributed by atoms with van der Waals surface area (Å²) in [6.07, 6.45) is 0.834. The number of amides is 2. The molecule has 0 unspecified atom stereocenters. The molecule has 0 aliphatic rings. The van der Waals surface area contributed by atoms with E-state index in [9.17, 15) is 14.4 Å². The van der Waals surface area contributed by atoms with Crippen LogP contribution in [0.25, 0.3) is 0 Å². The van der Waals surface area contributed by atoms with Crippen molar-refractivity contribution in [3.63, 3.8) is 0 Å². The van der Waals surface area contributed by atoms with Crippen LogP contribution in [0.5, 0.6) is 0 Å². The number of aryl methyl sites for hydroxylation is 2. The fourth-order valence-electron chi connectivity index (χ4n) is 3.18. The summed E-state index contributed by atoms with van der Waals surface area (Å²) in [4.78, 5) is 38.4. The lowest BCUT2D eigenvalue weighted by Gasteiger charge is -2.07. The van der Waals surface area contributed by atoms with E-state index in [4.69, 9.17) is 4.74 Å². The molecule has 0 aliphatic heterocycles. The standard InChI is InChI=1S/C25H26N2O4S/c1-4-31-25(30)21-17(3)22(23(29)26-19-8-6-5-7-9-19)32-24(21)27-20(28)15-14-18-12-10-16(2)11-13-18/h5-13H,4,14-15H2,1-3H3,(H,26,29)(H,27,28). The van der Waals surface area contributed by atoms with Gasteiger partial charge in [-0.2, -0.15) is 0 Å². The van der Waals surface area contributed by atoms with Crippen molar-refractivity contribution in [1.29, 1.82) is 0 Å². The maximum atomic E-state index is 12.8. The molecule has 0 saturated heterocycles. The second kappa shape index (κ2) is 10.7. The molecule has 0 fully saturated rings. The van der Waals surface area contributed by atoms with E-state index in [-0.39, 0.29) is 30.4 Å². The molecular weight excluding hydrogens is 424 g/mol. The van der Waals surface area contributed by atoms with Gasteiger partial charge in [-0.1, -0.05) is 48.0 Å². The first-order chi connectivity index (χ1) is 15.4. The average molecular weight is 451 g/mol. The van der Waals surface area contributed by atoms with E-state index in [2.05, 4.69) is 10.6 Å². The van der Waals surface area contributed by atoms with E-state index in [0.717, 1.165) is 22.5 Å². The predicted octanol–water partition coefficient (Wildman–Crippen LogP) is 5.37. The Labute approximate surface area is 191 Å². The maximum Gasteiger partial charge on any atom is 0.341 e. The van der Waals surface area contributed by atoms with Crippen LogP contribution in [0.3, 0.4) is 0 Å². The highest BCUT2D eigenvalue weighted by atomic mass is 32.1. The first-order valence-corrected chi connectivity index (χ1v) is 11.2. The van der Waals surface area contributed by atoms with Gasteiger partial charge in [-0.05, 0) is 50.5 Å². The summed E-state index contributed by atoms with van der Waals surface area (Å²) in [5.41, 5.74) is 3.57. The van der Waals surface area contributed by atoms with Crippen LogP contribution < -0.4 is 10.6 Å². The molecule has 7 heteroatoms. The fourth-order valence-corrected chi connectivity index (χ4v) is 4.28. The van der Waals surface area contributed by atoms with E-state index in [0.29, 0.717) is 27.5 Å². The fraction of sp³-hybridized carbons (Fsp3) is 0.240. The largest absolute Gasteiger partial charge is 0.462 e. The summed E-state index contributed by atoms with van der Waals surface area (Å²) in [5, 5.41) is 5.96. The first-order valence-electron chi connectivity index (χ1n) is 10.4. The lowest BCUT2D eigenvalue weighted by molar-refractivity contribution is -0.116. The van der Waals surface area contributed by atoms with E-state index in [1.165, 1.54) is 0 Å². The molecule has 3 rings (SSSR count). The number of nitrogens with one attached hydrogen (secondary N) is 2. The summed E-state index contributed by atoms with van der Waals surface area (Å²) >= 11 is 1.07. The summed E-state index contributed by atoms with van der Waals surface area (Å²) in [6, 6.07) is 17.1. The molecule has 0 aliphatic carbocycles. The number of hydrogen-bond donors (Lipinski definition) is 2. The number of para-hydroxylation sites is 1. The number of hydrogen-bond acceptors (Lipinski definition) is 5. The number of rotatable bonds is 8. The number of anilines is 2. The molecule has 0 bridgehead atoms. The topological polar surface area (TPSA) is 84.5 Å². The van der Waals surface area contributed by atoms with Gasteiger partial charge in [-0.15, -0.1) is 11.3 Å². The minimum atomic E-state index is -0.561. The van der Waals surface area contributed by atoms with E-state index < -0.39 is 5.97 Å². The SMILES string of the molecule is CCOC(=O)c1c(NC(=O)CCc2ccc(C)cc2)sc(C(=O)Nc2ccccc2)c1C. The average Bonchev–Trinajstić information content (AvgIpc) is 3.10. The number of thiophene rings is 1. The molecule has 0 saturated carbocycles. The highest BCUT2D eigenvalue weighted by molar-refractivity contribution is 7.18. The lowest BCUT2D eigenvalue weighted by atomic mass is 10.1. The molecule has 0 atom stereocenters. The van der Waals surface area contributed by atoms with Gasteiger partial charge in [0.05, 0.1) is 17.0 Å². The molecule has 3 aromatic rings. The smallest absolute Gasteiger partial charge is 0.341 e. The summed E-state index contributed by atoms with van der Waals surface area (Å²) in [7, 11) is 0. The Kier molecular flexibility index (Phi) is 7.78. The molecule has 0 radical (unpaired) electrons. The summed E-state index contributed by atoms with van der Waals surface area (Å²) in [5.74, 6) is -1.13. The van der Waals surface area contributed by atoms with Crippen LogP contribution >= 0.6 is 11.3 Å². The molecule has 1 heterocycles. The van der Waals surface area contributed by atoms with Gasteiger partial charge in [-0.3, -0.25) is 9.59 Å². The molecule has 32 heavy (non-hydrogen) atoms.